The molecule has 1 amide bonds. The third kappa shape index (κ3) is 3.62. The van der Waals surface area contributed by atoms with Crippen LogP contribution in [0.3, 0.4) is 0 Å². The Kier molecular flexibility index (Phi) is 4.34. The Morgan fingerprint density at radius 1 is 1.29 bits per heavy atom. The fourth-order valence-electron chi connectivity index (χ4n) is 1.87. The van der Waals surface area contributed by atoms with Crippen molar-refractivity contribution >= 4 is 17.2 Å². The monoisotopic (exact) mass is 353 g/mol. The number of oxazole rings is 1. The zero-order valence-electron chi connectivity index (χ0n) is 12.0. The van der Waals surface area contributed by atoms with Gasteiger partial charge in [-0.05, 0) is 23.6 Å². The number of nitrogens with zero attached hydrogens (tertiary/aromatic N) is 2. The van der Waals surface area contributed by atoms with Crippen LogP contribution in [-0.4, -0.2) is 15.9 Å². The number of pyridine rings is 1. The van der Waals surface area contributed by atoms with Crippen molar-refractivity contribution in [1.82, 2.24) is 15.3 Å². The number of hydrogen-bond acceptors (Lipinski definition) is 5. The molecule has 0 aliphatic rings. The second-order valence-corrected chi connectivity index (χ2v) is 5.68. The SMILES string of the molecule is O=C(NCc1coc(-c2cccs2)n1)c1ccc(C(F)(F)F)nc1. The lowest BCUT2D eigenvalue weighted by molar-refractivity contribution is -0.141. The number of carbonyl (C=O) groups is 1. The van der Waals surface area contributed by atoms with Gasteiger partial charge in [0.25, 0.3) is 5.91 Å². The standard InChI is InChI=1S/C15H10F3N3O2S/c16-15(17,18)12-4-3-9(6-19-12)13(22)20-7-10-8-23-14(21-10)11-2-1-5-24-11/h1-6,8H,7H2,(H,20,22). The molecule has 3 aromatic rings. The molecule has 0 radical (unpaired) electrons. The molecular formula is C15H10F3N3O2S. The molecule has 3 heterocycles. The minimum Gasteiger partial charge on any atom is -0.443 e. The third-order valence-corrected chi connectivity index (χ3v) is 3.89. The van der Waals surface area contributed by atoms with Gasteiger partial charge < -0.3 is 9.73 Å². The minimum atomic E-state index is -4.53. The maximum Gasteiger partial charge on any atom is 0.433 e. The molecule has 0 saturated carbocycles. The summed E-state index contributed by atoms with van der Waals surface area (Å²) in [5.41, 5.74) is -0.507. The van der Waals surface area contributed by atoms with E-state index >= 15 is 0 Å². The predicted molar refractivity (Wildman–Crippen MR) is 80.2 cm³/mol. The number of halogens is 3. The van der Waals surface area contributed by atoms with Gasteiger partial charge in [0.2, 0.25) is 5.89 Å². The van der Waals surface area contributed by atoms with Crippen molar-refractivity contribution in [2.45, 2.75) is 12.7 Å². The second-order valence-electron chi connectivity index (χ2n) is 4.73. The van der Waals surface area contributed by atoms with Gasteiger partial charge in [0.05, 0.1) is 22.7 Å². The summed E-state index contributed by atoms with van der Waals surface area (Å²) in [5, 5.41) is 4.44. The minimum absolute atomic E-state index is 0.0324. The summed E-state index contributed by atoms with van der Waals surface area (Å²) in [6, 6.07) is 5.56. The van der Waals surface area contributed by atoms with Crippen molar-refractivity contribution in [2.24, 2.45) is 0 Å². The summed E-state index contributed by atoms with van der Waals surface area (Å²) in [7, 11) is 0. The van der Waals surface area contributed by atoms with E-state index in [9.17, 15) is 18.0 Å². The van der Waals surface area contributed by atoms with Crippen LogP contribution in [0.4, 0.5) is 13.2 Å². The number of nitrogens with one attached hydrogen (secondary N) is 1. The third-order valence-electron chi connectivity index (χ3n) is 3.03. The van der Waals surface area contributed by atoms with E-state index in [4.69, 9.17) is 4.42 Å². The molecule has 0 aliphatic carbocycles. The summed E-state index contributed by atoms with van der Waals surface area (Å²) in [6.07, 6.45) is -2.23. The molecule has 0 saturated heterocycles. The zero-order chi connectivity index (χ0) is 17.2. The van der Waals surface area contributed by atoms with Crippen molar-refractivity contribution in [2.75, 3.05) is 0 Å². The smallest absolute Gasteiger partial charge is 0.433 e. The van der Waals surface area contributed by atoms with Crippen LogP contribution in [0.25, 0.3) is 10.8 Å². The lowest BCUT2D eigenvalue weighted by Gasteiger charge is -2.06. The Bertz CT molecular complexity index is 827. The van der Waals surface area contributed by atoms with E-state index in [1.54, 1.807) is 0 Å². The number of hydrogen-bond donors (Lipinski definition) is 1. The lowest BCUT2D eigenvalue weighted by atomic mass is 10.2. The van der Waals surface area contributed by atoms with Gasteiger partial charge in [0.15, 0.2) is 0 Å². The first kappa shape index (κ1) is 16.2. The molecular weight excluding hydrogens is 343 g/mol. The van der Waals surface area contributed by atoms with Crippen molar-refractivity contribution in [1.29, 1.82) is 0 Å². The normalized spacial score (nSPS) is 11.5. The van der Waals surface area contributed by atoms with Gasteiger partial charge in [-0.2, -0.15) is 13.2 Å². The Morgan fingerprint density at radius 3 is 2.75 bits per heavy atom. The first-order valence-corrected chi connectivity index (χ1v) is 7.61. The zero-order valence-corrected chi connectivity index (χ0v) is 12.8. The predicted octanol–water partition coefficient (Wildman–Crippen LogP) is 3.75. The van der Waals surface area contributed by atoms with Crippen molar-refractivity contribution in [3.8, 4) is 10.8 Å². The quantitative estimate of drug-likeness (QED) is 0.776. The highest BCUT2D eigenvalue weighted by Gasteiger charge is 2.32. The van der Waals surface area contributed by atoms with E-state index in [0.717, 1.165) is 23.2 Å². The molecule has 0 aromatic carbocycles. The van der Waals surface area contributed by atoms with Gasteiger partial charge >= 0.3 is 6.18 Å². The van der Waals surface area contributed by atoms with Crippen LogP contribution in [0.2, 0.25) is 0 Å². The van der Waals surface area contributed by atoms with Gasteiger partial charge in [-0.25, -0.2) is 4.98 Å². The molecule has 0 aliphatic heterocycles. The van der Waals surface area contributed by atoms with Crippen LogP contribution in [0.1, 0.15) is 21.7 Å². The Balaban J connectivity index is 1.61. The molecule has 3 rings (SSSR count). The average Bonchev–Trinajstić information content (AvgIpc) is 3.23. The summed E-state index contributed by atoms with van der Waals surface area (Å²) in [4.78, 5) is 20.3. The number of aromatic nitrogens is 2. The molecule has 0 atom stereocenters. The molecule has 1 N–H and O–H groups in total. The first-order valence-electron chi connectivity index (χ1n) is 6.73. The number of alkyl halides is 3. The largest absolute Gasteiger partial charge is 0.443 e. The van der Waals surface area contributed by atoms with Crippen LogP contribution in [0, 0.1) is 0 Å². The van der Waals surface area contributed by atoms with Crippen LogP contribution in [0.15, 0.2) is 46.5 Å². The first-order chi connectivity index (χ1) is 11.4. The molecule has 0 bridgehead atoms. The topological polar surface area (TPSA) is 68.0 Å². The van der Waals surface area contributed by atoms with Crippen molar-refractivity contribution in [3.63, 3.8) is 0 Å². The highest BCUT2D eigenvalue weighted by atomic mass is 32.1. The number of carbonyl (C=O) groups excluding carboxylic acids is 1. The van der Waals surface area contributed by atoms with Crippen LogP contribution >= 0.6 is 11.3 Å². The maximum absolute atomic E-state index is 12.4. The van der Waals surface area contributed by atoms with E-state index in [-0.39, 0.29) is 12.1 Å². The van der Waals surface area contributed by atoms with E-state index in [1.807, 2.05) is 17.5 Å². The molecule has 9 heteroatoms. The Labute approximate surface area is 138 Å². The number of rotatable bonds is 4. The number of amides is 1. The van der Waals surface area contributed by atoms with E-state index in [0.29, 0.717) is 11.6 Å². The van der Waals surface area contributed by atoms with Crippen molar-refractivity contribution in [3.05, 3.63) is 59.1 Å². The van der Waals surface area contributed by atoms with Gasteiger partial charge in [-0.15, -0.1) is 11.3 Å². The molecule has 3 aromatic heterocycles. The highest BCUT2D eigenvalue weighted by molar-refractivity contribution is 7.13. The van der Waals surface area contributed by atoms with E-state index < -0.39 is 17.8 Å². The second kappa shape index (κ2) is 6.44. The molecule has 5 nitrogen and oxygen atoms in total. The Morgan fingerprint density at radius 2 is 2.12 bits per heavy atom. The van der Waals surface area contributed by atoms with Gasteiger partial charge in [0.1, 0.15) is 12.0 Å². The maximum atomic E-state index is 12.4. The Hall–Kier alpha value is -2.68. The summed E-state index contributed by atoms with van der Waals surface area (Å²) < 4.78 is 42.6. The lowest BCUT2D eigenvalue weighted by Crippen LogP contribution is -2.23. The average molecular weight is 353 g/mol. The number of thiophene rings is 1. The van der Waals surface area contributed by atoms with E-state index in [1.165, 1.54) is 17.6 Å². The molecule has 0 unspecified atom stereocenters. The van der Waals surface area contributed by atoms with Gasteiger partial charge in [-0.1, -0.05) is 6.07 Å². The fraction of sp³-hybridized carbons (Fsp3) is 0.133. The van der Waals surface area contributed by atoms with Crippen molar-refractivity contribution < 1.29 is 22.4 Å². The fourth-order valence-corrected chi connectivity index (χ4v) is 2.53. The molecule has 0 fully saturated rings. The van der Waals surface area contributed by atoms with Crippen LogP contribution in [0.5, 0.6) is 0 Å². The highest BCUT2D eigenvalue weighted by Crippen LogP contribution is 2.27. The molecule has 124 valence electrons. The van der Waals surface area contributed by atoms with Gasteiger partial charge in [0, 0.05) is 6.20 Å². The molecule has 0 spiro atoms. The van der Waals surface area contributed by atoms with Crippen LogP contribution in [-0.2, 0) is 12.7 Å². The summed E-state index contributed by atoms with van der Waals surface area (Å²) in [5.74, 6) is -0.0951. The summed E-state index contributed by atoms with van der Waals surface area (Å²) >= 11 is 1.47. The van der Waals surface area contributed by atoms with Gasteiger partial charge in [-0.3, -0.25) is 9.78 Å². The van der Waals surface area contributed by atoms with Crippen LogP contribution < -0.4 is 5.32 Å². The molecule has 24 heavy (non-hydrogen) atoms. The van der Waals surface area contributed by atoms with E-state index in [2.05, 4.69) is 15.3 Å². The summed E-state index contributed by atoms with van der Waals surface area (Å²) in [6.45, 7) is 0.0920.